The molecule has 0 bridgehead atoms. The predicted octanol–water partition coefficient (Wildman–Crippen LogP) is 5.57. The molecule has 0 amide bonds. The summed E-state index contributed by atoms with van der Waals surface area (Å²) in [5.74, 6) is 0.747. The van der Waals surface area contributed by atoms with Crippen LogP contribution < -0.4 is 5.56 Å². The molecule has 0 aliphatic rings. The number of thiophene rings is 1. The Balaban J connectivity index is 1.77. The first-order valence-electron chi connectivity index (χ1n) is 8.80. The van der Waals surface area contributed by atoms with Gasteiger partial charge in [0.15, 0.2) is 5.16 Å². The Bertz CT molecular complexity index is 1180. The zero-order chi connectivity index (χ0) is 19.7. The highest BCUT2D eigenvalue weighted by atomic mass is 79.9. The molecule has 4 nitrogen and oxygen atoms in total. The molecule has 28 heavy (non-hydrogen) atoms. The van der Waals surface area contributed by atoms with Crippen molar-refractivity contribution in [2.75, 3.05) is 0 Å². The van der Waals surface area contributed by atoms with Crippen LogP contribution in [0.3, 0.4) is 0 Å². The van der Waals surface area contributed by atoms with Crippen LogP contribution in [0.15, 0.2) is 63.1 Å². The Hall–Kier alpha value is -1.96. The number of hydrogen-bond acceptors (Lipinski definition) is 5. The van der Waals surface area contributed by atoms with E-state index in [1.807, 2.05) is 44.2 Å². The van der Waals surface area contributed by atoms with Gasteiger partial charge in [-0.25, -0.2) is 4.98 Å². The molecule has 1 aromatic carbocycles. The number of pyridine rings is 1. The van der Waals surface area contributed by atoms with Gasteiger partial charge < -0.3 is 0 Å². The summed E-state index contributed by atoms with van der Waals surface area (Å²) in [5, 5.41) is 1.46. The quantitative estimate of drug-likeness (QED) is 0.281. The van der Waals surface area contributed by atoms with Crippen molar-refractivity contribution in [3.63, 3.8) is 0 Å². The topological polar surface area (TPSA) is 47.8 Å². The fourth-order valence-corrected chi connectivity index (χ4v) is 5.23. The van der Waals surface area contributed by atoms with Crippen molar-refractivity contribution in [2.24, 2.45) is 0 Å². The molecule has 7 heteroatoms. The van der Waals surface area contributed by atoms with Crippen LogP contribution in [0.25, 0.3) is 10.2 Å². The molecule has 0 radical (unpaired) electrons. The Labute approximate surface area is 179 Å². The van der Waals surface area contributed by atoms with E-state index in [0.29, 0.717) is 6.54 Å². The van der Waals surface area contributed by atoms with Crippen LogP contribution in [0.4, 0.5) is 0 Å². The molecule has 4 rings (SSSR count). The van der Waals surface area contributed by atoms with Gasteiger partial charge in [-0.3, -0.25) is 14.3 Å². The third kappa shape index (κ3) is 3.92. The van der Waals surface area contributed by atoms with Gasteiger partial charge >= 0.3 is 0 Å². The number of halogens is 1. The monoisotopic (exact) mass is 471 g/mol. The molecular formula is C21H18BrN3OS2. The van der Waals surface area contributed by atoms with E-state index in [9.17, 15) is 4.79 Å². The van der Waals surface area contributed by atoms with Gasteiger partial charge in [-0.1, -0.05) is 45.9 Å². The molecule has 0 saturated carbocycles. The van der Waals surface area contributed by atoms with Crippen LogP contribution in [0.2, 0.25) is 0 Å². The number of fused-ring (bicyclic) bond motifs is 1. The second kappa shape index (κ2) is 8.19. The molecule has 0 aliphatic heterocycles. The normalized spacial score (nSPS) is 11.2. The van der Waals surface area contributed by atoms with Crippen LogP contribution in [0, 0.1) is 13.8 Å². The number of thioether (sulfide) groups is 1. The number of rotatable bonds is 5. The van der Waals surface area contributed by atoms with Crippen molar-refractivity contribution in [1.82, 2.24) is 14.5 Å². The van der Waals surface area contributed by atoms with Crippen LogP contribution in [0.1, 0.15) is 21.7 Å². The zero-order valence-corrected chi connectivity index (χ0v) is 18.7. The summed E-state index contributed by atoms with van der Waals surface area (Å²) in [5.41, 5.74) is 3.07. The fraction of sp³-hybridized carbons (Fsp3) is 0.190. The molecule has 0 aliphatic carbocycles. The van der Waals surface area contributed by atoms with Crippen molar-refractivity contribution in [3.8, 4) is 0 Å². The fourth-order valence-electron chi connectivity index (χ4n) is 2.94. The van der Waals surface area contributed by atoms with E-state index in [4.69, 9.17) is 4.98 Å². The molecule has 0 spiro atoms. The highest BCUT2D eigenvalue weighted by Gasteiger charge is 2.17. The Morgan fingerprint density at radius 1 is 1.14 bits per heavy atom. The molecule has 3 aromatic heterocycles. The second-order valence-electron chi connectivity index (χ2n) is 6.49. The minimum Gasteiger partial charge on any atom is -0.281 e. The number of aryl methyl sites for hydroxylation is 2. The van der Waals surface area contributed by atoms with Crippen molar-refractivity contribution in [1.29, 1.82) is 0 Å². The van der Waals surface area contributed by atoms with E-state index in [-0.39, 0.29) is 5.56 Å². The Morgan fingerprint density at radius 3 is 2.64 bits per heavy atom. The van der Waals surface area contributed by atoms with E-state index < -0.39 is 0 Å². The number of nitrogens with zero attached hydrogens (tertiary/aromatic N) is 3. The molecule has 142 valence electrons. The first-order valence-corrected chi connectivity index (χ1v) is 11.4. The van der Waals surface area contributed by atoms with Crippen LogP contribution >= 0.6 is 39.0 Å². The summed E-state index contributed by atoms with van der Waals surface area (Å²) in [6, 6.07) is 14.0. The van der Waals surface area contributed by atoms with Gasteiger partial charge in [-0.15, -0.1) is 11.3 Å². The zero-order valence-electron chi connectivity index (χ0n) is 15.5. The maximum atomic E-state index is 13.3. The van der Waals surface area contributed by atoms with Gasteiger partial charge in [0.2, 0.25) is 0 Å². The Kier molecular flexibility index (Phi) is 5.66. The highest BCUT2D eigenvalue weighted by Crippen LogP contribution is 2.29. The lowest BCUT2D eigenvalue weighted by Gasteiger charge is -2.12. The van der Waals surface area contributed by atoms with E-state index in [1.165, 1.54) is 5.56 Å². The van der Waals surface area contributed by atoms with Gasteiger partial charge in [-0.2, -0.15) is 0 Å². The van der Waals surface area contributed by atoms with Crippen LogP contribution in [0.5, 0.6) is 0 Å². The SMILES string of the molecule is Cc1sc2nc(SCc3ccc(Br)cc3)n(Cc3ccccn3)c(=O)c2c1C. The third-order valence-electron chi connectivity index (χ3n) is 4.58. The predicted molar refractivity (Wildman–Crippen MR) is 120 cm³/mol. The van der Waals surface area contributed by atoms with E-state index in [1.54, 1.807) is 33.9 Å². The lowest BCUT2D eigenvalue weighted by atomic mass is 10.2. The minimum absolute atomic E-state index is 0.0100. The molecule has 0 saturated heterocycles. The van der Waals surface area contributed by atoms with Gasteiger partial charge in [0, 0.05) is 21.3 Å². The average molecular weight is 472 g/mol. The molecule has 0 unspecified atom stereocenters. The smallest absolute Gasteiger partial charge is 0.263 e. The van der Waals surface area contributed by atoms with Gasteiger partial charge in [-0.05, 0) is 49.2 Å². The van der Waals surface area contributed by atoms with Crippen molar-refractivity contribution in [3.05, 3.63) is 85.2 Å². The maximum absolute atomic E-state index is 13.3. The summed E-state index contributed by atoms with van der Waals surface area (Å²) in [7, 11) is 0. The van der Waals surface area contributed by atoms with E-state index in [2.05, 4.69) is 33.0 Å². The molecular weight excluding hydrogens is 454 g/mol. The highest BCUT2D eigenvalue weighted by molar-refractivity contribution is 9.10. The standard InChI is InChI=1S/C21H18BrN3OS2/c1-13-14(2)28-19-18(13)20(26)25(11-17-5-3-4-10-23-17)21(24-19)27-12-15-6-8-16(22)9-7-15/h3-10H,11-12H2,1-2H3. The molecule has 4 aromatic rings. The summed E-state index contributed by atoms with van der Waals surface area (Å²) < 4.78 is 2.81. The van der Waals surface area contributed by atoms with Gasteiger partial charge in [0.05, 0.1) is 17.6 Å². The first-order chi connectivity index (χ1) is 13.5. The lowest BCUT2D eigenvalue weighted by molar-refractivity contribution is 0.647. The third-order valence-corrected chi connectivity index (χ3v) is 7.26. The Morgan fingerprint density at radius 2 is 1.93 bits per heavy atom. The number of hydrogen-bond donors (Lipinski definition) is 0. The van der Waals surface area contributed by atoms with Crippen LogP contribution in [-0.2, 0) is 12.3 Å². The van der Waals surface area contributed by atoms with Gasteiger partial charge in [0.25, 0.3) is 5.56 Å². The summed E-state index contributed by atoms with van der Waals surface area (Å²) in [6.45, 7) is 4.45. The maximum Gasteiger partial charge on any atom is 0.263 e. The largest absolute Gasteiger partial charge is 0.281 e. The van der Waals surface area contributed by atoms with Crippen molar-refractivity contribution < 1.29 is 0 Å². The molecule has 0 fully saturated rings. The summed E-state index contributed by atoms with van der Waals surface area (Å²) in [4.78, 5) is 24.5. The van der Waals surface area contributed by atoms with E-state index in [0.717, 1.165) is 41.7 Å². The average Bonchev–Trinajstić information content (AvgIpc) is 2.98. The van der Waals surface area contributed by atoms with Crippen molar-refractivity contribution in [2.45, 2.75) is 31.3 Å². The van der Waals surface area contributed by atoms with Gasteiger partial charge in [0.1, 0.15) is 4.83 Å². The van der Waals surface area contributed by atoms with Crippen LogP contribution in [-0.4, -0.2) is 14.5 Å². The minimum atomic E-state index is 0.0100. The second-order valence-corrected chi connectivity index (χ2v) is 9.55. The number of aromatic nitrogens is 3. The number of benzene rings is 1. The van der Waals surface area contributed by atoms with Crippen molar-refractivity contribution >= 4 is 49.2 Å². The summed E-state index contributed by atoms with van der Waals surface area (Å²) >= 11 is 6.64. The first kappa shape index (κ1) is 19.4. The van der Waals surface area contributed by atoms with E-state index >= 15 is 0 Å². The molecule has 0 N–H and O–H groups in total. The lowest BCUT2D eigenvalue weighted by Crippen LogP contribution is -2.24. The summed E-state index contributed by atoms with van der Waals surface area (Å²) in [6.07, 6.45) is 1.75. The molecule has 3 heterocycles. The molecule has 0 atom stereocenters.